The Morgan fingerprint density at radius 2 is 2.00 bits per heavy atom. The van der Waals surface area contributed by atoms with Crippen LogP contribution in [0.2, 0.25) is 10.0 Å². The molecule has 1 N–H and O–H groups in total. The molecular weight excluding hydrogens is 303 g/mol. The number of hydrogen-bond donors (Lipinski definition) is 1. The number of hydrogen-bond acceptors (Lipinski definition) is 2. The second-order valence-corrected chi connectivity index (χ2v) is 7.17. The van der Waals surface area contributed by atoms with Gasteiger partial charge in [0.2, 0.25) is 0 Å². The van der Waals surface area contributed by atoms with Crippen LogP contribution in [0, 0.1) is 5.92 Å². The minimum absolute atomic E-state index is 0.349. The standard InChI is InChI=1S/C17H26Cl2N2/c1-12(2)21(11-14-5-4-8-20-10-14)13(3)15-6-7-16(18)17(19)9-15/h6-7,9,12-14,20H,4-5,8,10-11H2,1-3H3. The van der Waals surface area contributed by atoms with Crippen LogP contribution < -0.4 is 5.32 Å². The molecule has 0 radical (unpaired) electrons. The van der Waals surface area contributed by atoms with Gasteiger partial charge in [0.15, 0.2) is 0 Å². The molecule has 2 rings (SSSR count). The quantitative estimate of drug-likeness (QED) is 0.837. The Balaban J connectivity index is 2.10. The summed E-state index contributed by atoms with van der Waals surface area (Å²) in [6.07, 6.45) is 2.61. The minimum atomic E-state index is 0.349. The maximum atomic E-state index is 6.17. The topological polar surface area (TPSA) is 15.3 Å². The van der Waals surface area contributed by atoms with Gasteiger partial charge in [0.05, 0.1) is 10.0 Å². The van der Waals surface area contributed by atoms with Crippen molar-refractivity contribution in [3.8, 4) is 0 Å². The van der Waals surface area contributed by atoms with Gasteiger partial charge in [-0.2, -0.15) is 0 Å². The molecule has 118 valence electrons. The van der Waals surface area contributed by atoms with Crippen molar-refractivity contribution in [1.29, 1.82) is 0 Å². The van der Waals surface area contributed by atoms with Crippen LogP contribution in [-0.4, -0.2) is 30.6 Å². The van der Waals surface area contributed by atoms with E-state index in [1.807, 2.05) is 12.1 Å². The summed E-state index contributed by atoms with van der Waals surface area (Å²) in [4.78, 5) is 2.57. The van der Waals surface area contributed by atoms with Gasteiger partial charge in [-0.3, -0.25) is 4.90 Å². The van der Waals surface area contributed by atoms with Crippen LogP contribution in [0.1, 0.15) is 45.2 Å². The average molecular weight is 329 g/mol. The summed E-state index contributed by atoms with van der Waals surface area (Å²) in [6.45, 7) is 10.2. The molecule has 1 heterocycles. The molecule has 4 heteroatoms. The van der Waals surface area contributed by atoms with Crippen LogP contribution in [0.5, 0.6) is 0 Å². The minimum Gasteiger partial charge on any atom is -0.316 e. The summed E-state index contributed by atoms with van der Waals surface area (Å²) >= 11 is 12.2. The summed E-state index contributed by atoms with van der Waals surface area (Å²) in [5.74, 6) is 0.742. The van der Waals surface area contributed by atoms with Crippen molar-refractivity contribution in [3.63, 3.8) is 0 Å². The lowest BCUT2D eigenvalue weighted by molar-refractivity contribution is 0.127. The zero-order valence-corrected chi connectivity index (χ0v) is 14.7. The summed E-state index contributed by atoms with van der Waals surface area (Å²) in [6, 6.07) is 6.85. The first-order valence-electron chi connectivity index (χ1n) is 7.90. The number of nitrogens with zero attached hydrogens (tertiary/aromatic N) is 1. The van der Waals surface area contributed by atoms with Crippen molar-refractivity contribution < 1.29 is 0 Å². The molecule has 1 aromatic rings. The monoisotopic (exact) mass is 328 g/mol. The van der Waals surface area contributed by atoms with Crippen molar-refractivity contribution >= 4 is 23.2 Å². The summed E-state index contributed by atoms with van der Waals surface area (Å²) in [7, 11) is 0. The van der Waals surface area contributed by atoms with E-state index in [-0.39, 0.29) is 0 Å². The van der Waals surface area contributed by atoms with E-state index in [9.17, 15) is 0 Å². The van der Waals surface area contributed by atoms with E-state index in [4.69, 9.17) is 23.2 Å². The van der Waals surface area contributed by atoms with Gasteiger partial charge in [0, 0.05) is 18.6 Å². The zero-order chi connectivity index (χ0) is 15.4. The molecule has 1 fully saturated rings. The van der Waals surface area contributed by atoms with Gasteiger partial charge in [0.1, 0.15) is 0 Å². The Bertz CT molecular complexity index is 456. The third-order valence-corrected chi connectivity index (χ3v) is 5.19. The first-order valence-corrected chi connectivity index (χ1v) is 8.66. The molecule has 1 aliphatic rings. The number of piperidine rings is 1. The Hall–Kier alpha value is -0.280. The fourth-order valence-electron chi connectivity index (χ4n) is 3.16. The van der Waals surface area contributed by atoms with Crippen molar-refractivity contribution in [1.82, 2.24) is 10.2 Å². The van der Waals surface area contributed by atoms with Gasteiger partial charge in [-0.15, -0.1) is 0 Å². The maximum Gasteiger partial charge on any atom is 0.0595 e. The smallest absolute Gasteiger partial charge is 0.0595 e. The molecule has 1 aliphatic heterocycles. The first-order chi connectivity index (χ1) is 9.99. The molecule has 0 amide bonds. The highest BCUT2D eigenvalue weighted by Crippen LogP contribution is 2.30. The third kappa shape index (κ3) is 4.59. The number of rotatable bonds is 5. The Morgan fingerprint density at radius 1 is 1.24 bits per heavy atom. The van der Waals surface area contributed by atoms with Gasteiger partial charge >= 0.3 is 0 Å². The highest BCUT2D eigenvalue weighted by Gasteiger charge is 2.24. The lowest BCUT2D eigenvalue weighted by atomic mass is 9.96. The predicted molar refractivity (Wildman–Crippen MR) is 92.3 cm³/mol. The third-order valence-electron chi connectivity index (χ3n) is 4.45. The molecular formula is C17H26Cl2N2. The van der Waals surface area contributed by atoms with Crippen molar-refractivity contribution in [2.75, 3.05) is 19.6 Å². The number of benzene rings is 1. The van der Waals surface area contributed by atoms with Crippen molar-refractivity contribution in [2.24, 2.45) is 5.92 Å². The predicted octanol–water partition coefficient (Wildman–Crippen LogP) is 4.76. The van der Waals surface area contributed by atoms with Gasteiger partial charge in [-0.25, -0.2) is 0 Å². The van der Waals surface area contributed by atoms with Crippen molar-refractivity contribution in [3.05, 3.63) is 33.8 Å². The normalized spacial score (nSPS) is 21.0. The van der Waals surface area contributed by atoms with Gasteiger partial charge < -0.3 is 5.32 Å². The molecule has 1 aromatic carbocycles. The van der Waals surface area contributed by atoms with E-state index in [1.54, 1.807) is 0 Å². The highest BCUT2D eigenvalue weighted by molar-refractivity contribution is 6.42. The van der Waals surface area contributed by atoms with Gasteiger partial charge in [-0.05, 0) is 70.3 Å². The second kappa shape index (κ2) is 7.82. The first kappa shape index (κ1) is 17.1. The highest BCUT2D eigenvalue weighted by atomic mass is 35.5. The SMILES string of the molecule is CC(C)N(CC1CCCNC1)C(C)c1ccc(Cl)c(Cl)c1. The van der Waals surface area contributed by atoms with Crippen LogP contribution in [0.4, 0.5) is 0 Å². The van der Waals surface area contributed by atoms with Crippen LogP contribution in [0.25, 0.3) is 0 Å². The Morgan fingerprint density at radius 3 is 2.57 bits per heavy atom. The molecule has 0 aliphatic carbocycles. The summed E-state index contributed by atoms with van der Waals surface area (Å²) in [5, 5.41) is 4.78. The lowest BCUT2D eigenvalue weighted by Crippen LogP contribution is -2.42. The summed E-state index contributed by atoms with van der Waals surface area (Å²) < 4.78 is 0. The van der Waals surface area contributed by atoms with Crippen LogP contribution >= 0.6 is 23.2 Å². The van der Waals surface area contributed by atoms with Crippen molar-refractivity contribution in [2.45, 2.75) is 45.7 Å². The molecule has 21 heavy (non-hydrogen) atoms. The number of halogens is 2. The number of nitrogens with one attached hydrogen (secondary N) is 1. The van der Waals surface area contributed by atoms with E-state index in [0.717, 1.165) is 19.0 Å². The van der Waals surface area contributed by atoms with Crippen LogP contribution in [0.3, 0.4) is 0 Å². The molecule has 0 saturated carbocycles. The van der Waals surface area contributed by atoms with E-state index >= 15 is 0 Å². The average Bonchev–Trinajstić information content (AvgIpc) is 2.47. The molecule has 2 unspecified atom stereocenters. The Kier molecular flexibility index (Phi) is 6.36. The van der Waals surface area contributed by atoms with E-state index in [0.29, 0.717) is 22.1 Å². The van der Waals surface area contributed by atoms with E-state index in [2.05, 4.69) is 37.1 Å². The molecule has 2 atom stereocenters. The second-order valence-electron chi connectivity index (χ2n) is 6.35. The molecule has 1 saturated heterocycles. The molecule has 2 nitrogen and oxygen atoms in total. The van der Waals surface area contributed by atoms with E-state index < -0.39 is 0 Å². The molecule has 0 bridgehead atoms. The van der Waals surface area contributed by atoms with E-state index in [1.165, 1.54) is 24.9 Å². The largest absolute Gasteiger partial charge is 0.316 e. The maximum absolute atomic E-state index is 6.17. The fraction of sp³-hybridized carbons (Fsp3) is 0.647. The van der Waals surface area contributed by atoms with Gasteiger partial charge in [0.25, 0.3) is 0 Å². The molecule has 0 spiro atoms. The fourth-order valence-corrected chi connectivity index (χ4v) is 3.46. The van der Waals surface area contributed by atoms with Gasteiger partial charge in [-0.1, -0.05) is 29.3 Å². The van der Waals surface area contributed by atoms with Crippen LogP contribution in [0.15, 0.2) is 18.2 Å². The lowest BCUT2D eigenvalue weighted by Gasteiger charge is -2.37. The Labute approximate surface area is 138 Å². The zero-order valence-electron chi connectivity index (χ0n) is 13.2. The summed E-state index contributed by atoms with van der Waals surface area (Å²) in [5.41, 5.74) is 1.24. The van der Waals surface area contributed by atoms with Crippen LogP contribution in [-0.2, 0) is 0 Å². The molecule has 0 aromatic heterocycles.